The van der Waals surface area contributed by atoms with Crippen molar-refractivity contribution in [2.24, 2.45) is 5.41 Å². The molecule has 0 radical (unpaired) electrons. The molecule has 0 saturated heterocycles. The summed E-state index contributed by atoms with van der Waals surface area (Å²) in [6.07, 6.45) is 3.20. The standard InChI is InChI=1S/C17H21F2N3O/c1-17(2,3)9-14(23)21-16-20-13-8-10(18)7-12(19)15(13)22(16)11-5-4-6-11/h7-8,11H,4-6,9H2,1-3H3,(H,20,21,23). The Balaban J connectivity index is 2.02. The van der Waals surface area contributed by atoms with Gasteiger partial charge < -0.3 is 4.57 Å². The second-order valence-corrected chi connectivity index (χ2v) is 7.43. The molecule has 4 nitrogen and oxygen atoms in total. The molecule has 2 aromatic rings. The van der Waals surface area contributed by atoms with Crippen molar-refractivity contribution in [1.82, 2.24) is 9.55 Å². The zero-order valence-corrected chi connectivity index (χ0v) is 13.6. The van der Waals surface area contributed by atoms with E-state index in [2.05, 4.69) is 10.3 Å². The first kappa shape index (κ1) is 15.9. The maximum absolute atomic E-state index is 14.2. The zero-order valence-electron chi connectivity index (χ0n) is 13.6. The number of carbonyl (C=O) groups excluding carboxylic acids is 1. The number of benzene rings is 1. The van der Waals surface area contributed by atoms with Gasteiger partial charge in [-0.05, 0) is 24.7 Å². The summed E-state index contributed by atoms with van der Waals surface area (Å²) in [5, 5.41) is 2.78. The number of hydrogen-bond acceptors (Lipinski definition) is 2. The molecule has 0 bridgehead atoms. The van der Waals surface area contributed by atoms with Crippen LogP contribution < -0.4 is 5.32 Å². The largest absolute Gasteiger partial charge is 0.304 e. The van der Waals surface area contributed by atoms with Crippen molar-refractivity contribution >= 4 is 22.9 Å². The smallest absolute Gasteiger partial charge is 0.227 e. The number of fused-ring (bicyclic) bond motifs is 1. The molecule has 1 aliphatic carbocycles. The van der Waals surface area contributed by atoms with Crippen molar-refractivity contribution in [3.63, 3.8) is 0 Å². The summed E-state index contributed by atoms with van der Waals surface area (Å²) >= 11 is 0. The zero-order chi connectivity index (χ0) is 16.8. The Hall–Kier alpha value is -1.98. The van der Waals surface area contributed by atoms with Gasteiger partial charge in [-0.1, -0.05) is 20.8 Å². The van der Waals surface area contributed by atoms with E-state index in [9.17, 15) is 13.6 Å². The lowest BCUT2D eigenvalue weighted by atomic mass is 9.92. The van der Waals surface area contributed by atoms with Crippen LogP contribution >= 0.6 is 0 Å². The molecule has 1 aliphatic rings. The van der Waals surface area contributed by atoms with E-state index in [4.69, 9.17) is 0 Å². The Morgan fingerprint density at radius 3 is 2.61 bits per heavy atom. The SMILES string of the molecule is CC(C)(C)CC(=O)Nc1nc2cc(F)cc(F)c2n1C1CCC1. The van der Waals surface area contributed by atoms with Gasteiger partial charge in [-0.15, -0.1) is 0 Å². The first-order chi connectivity index (χ1) is 10.7. The number of aromatic nitrogens is 2. The summed E-state index contributed by atoms with van der Waals surface area (Å²) in [5.74, 6) is -1.17. The van der Waals surface area contributed by atoms with Crippen LogP contribution in [0.3, 0.4) is 0 Å². The minimum Gasteiger partial charge on any atom is -0.304 e. The van der Waals surface area contributed by atoms with E-state index in [1.54, 1.807) is 4.57 Å². The summed E-state index contributed by atoms with van der Waals surface area (Å²) in [6, 6.07) is 2.16. The number of hydrogen-bond donors (Lipinski definition) is 1. The van der Waals surface area contributed by atoms with Crippen molar-refractivity contribution in [2.75, 3.05) is 5.32 Å². The molecule has 0 aliphatic heterocycles. The summed E-state index contributed by atoms with van der Waals surface area (Å²) in [7, 11) is 0. The lowest BCUT2D eigenvalue weighted by molar-refractivity contribution is -0.117. The monoisotopic (exact) mass is 321 g/mol. The number of anilines is 1. The van der Waals surface area contributed by atoms with Crippen molar-refractivity contribution in [3.8, 4) is 0 Å². The molecule has 1 saturated carbocycles. The highest BCUT2D eigenvalue weighted by atomic mass is 19.1. The number of halogens is 2. The van der Waals surface area contributed by atoms with Crippen molar-refractivity contribution in [3.05, 3.63) is 23.8 Å². The number of carbonyl (C=O) groups is 1. The molecule has 1 aromatic heterocycles. The first-order valence-corrected chi connectivity index (χ1v) is 7.91. The topological polar surface area (TPSA) is 46.9 Å². The third kappa shape index (κ3) is 3.21. The second-order valence-electron chi connectivity index (χ2n) is 7.43. The van der Waals surface area contributed by atoms with E-state index in [1.165, 1.54) is 6.07 Å². The van der Waals surface area contributed by atoms with Gasteiger partial charge in [0.05, 0.1) is 5.52 Å². The van der Waals surface area contributed by atoms with Gasteiger partial charge >= 0.3 is 0 Å². The normalized spacial score (nSPS) is 15.7. The minimum absolute atomic E-state index is 0.102. The van der Waals surface area contributed by atoms with Crippen LogP contribution in [0.1, 0.15) is 52.5 Å². The highest BCUT2D eigenvalue weighted by Gasteiger charge is 2.28. The van der Waals surface area contributed by atoms with Gasteiger partial charge in [0.2, 0.25) is 11.9 Å². The predicted molar refractivity (Wildman–Crippen MR) is 85.2 cm³/mol. The fraction of sp³-hybridized carbons (Fsp3) is 0.529. The van der Waals surface area contributed by atoms with Crippen LogP contribution in [0.25, 0.3) is 11.0 Å². The summed E-state index contributed by atoms with van der Waals surface area (Å²) in [5.41, 5.74) is 0.344. The molecule has 6 heteroatoms. The lowest BCUT2D eigenvalue weighted by Crippen LogP contribution is -2.24. The maximum Gasteiger partial charge on any atom is 0.227 e. The van der Waals surface area contributed by atoms with Gasteiger partial charge in [0, 0.05) is 24.6 Å². The molecule has 3 rings (SSSR count). The van der Waals surface area contributed by atoms with Gasteiger partial charge in [-0.2, -0.15) is 0 Å². The molecule has 124 valence electrons. The van der Waals surface area contributed by atoms with E-state index in [-0.39, 0.29) is 28.4 Å². The molecular weight excluding hydrogens is 300 g/mol. The summed E-state index contributed by atoms with van der Waals surface area (Å²) in [4.78, 5) is 16.5. The Kier molecular flexibility index (Phi) is 3.86. The summed E-state index contributed by atoms with van der Waals surface area (Å²) in [6.45, 7) is 5.91. The number of rotatable bonds is 3. The maximum atomic E-state index is 14.2. The van der Waals surface area contributed by atoms with Crippen molar-refractivity contribution < 1.29 is 13.6 Å². The Labute approximate surface area is 133 Å². The van der Waals surface area contributed by atoms with Crippen LogP contribution in [0.5, 0.6) is 0 Å². The fourth-order valence-corrected chi connectivity index (χ4v) is 2.89. The van der Waals surface area contributed by atoms with E-state index in [0.29, 0.717) is 12.4 Å². The van der Waals surface area contributed by atoms with Gasteiger partial charge in [-0.3, -0.25) is 10.1 Å². The third-order valence-electron chi connectivity index (χ3n) is 4.09. The Morgan fingerprint density at radius 1 is 1.35 bits per heavy atom. The van der Waals surface area contributed by atoms with Crippen LogP contribution in [0.4, 0.5) is 14.7 Å². The average Bonchev–Trinajstić information content (AvgIpc) is 2.62. The minimum atomic E-state index is -0.666. The van der Waals surface area contributed by atoms with Crippen LogP contribution in [-0.2, 0) is 4.79 Å². The van der Waals surface area contributed by atoms with E-state index in [1.807, 2.05) is 20.8 Å². The highest BCUT2D eigenvalue weighted by molar-refractivity contribution is 5.92. The van der Waals surface area contributed by atoms with Crippen molar-refractivity contribution in [1.29, 1.82) is 0 Å². The van der Waals surface area contributed by atoms with E-state index in [0.717, 1.165) is 25.3 Å². The Bertz CT molecular complexity index is 757. The summed E-state index contributed by atoms with van der Waals surface area (Å²) < 4.78 is 29.4. The van der Waals surface area contributed by atoms with Gasteiger partial charge in [0.1, 0.15) is 11.3 Å². The molecule has 0 spiro atoms. The predicted octanol–water partition coefficient (Wildman–Crippen LogP) is 4.41. The molecule has 1 heterocycles. The van der Waals surface area contributed by atoms with Crippen LogP contribution in [0, 0.1) is 17.0 Å². The number of nitrogens with zero attached hydrogens (tertiary/aromatic N) is 2. The van der Waals surface area contributed by atoms with Gasteiger partial charge in [0.25, 0.3) is 0 Å². The second kappa shape index (κ2) is 5.58. The lowest BCUT2D eigenvalue weighted by Gasteiger charge is -2.29. The molecule has 0 atom stereocenters. The van der Waals surface area contributed by atoms with Crippen LogP contribution in [0.15, 0.2) is 12.1 Å². The van der Waals surface area contributed by atoms with E-state index < -0.39 is 11.6 Å². The molecule has 23 heavy (non-hydrogen) atoms. The third-order valence-corrected chi connectivity index (χ3v) is 4.09. The van der Waals surface area contributed by atoms with Crippen LogP contribution in [-0.4, -0.2) is 15.5 Å². The highest BCUT2D eigenvalue weighted by Crippen LogP contribution is 2.38. The molecule has 1 fully saturated rings. The number of imidazole rings is 1. The average molecular weight is 321 g/mol. The van der Waals surface area contributed by atoms with Gasteiger partial charge in [0.15, 0.2) is 5.82 Å². The molecule has 1 amide bonds. The Morgan fingerprint density at radius 2 is 2.04 bits per heavy atom. The fourth-order valence-electron chi connectivity index (χ4n) is 2.89. The number of amides is 1. The molecule has 1 aromatic carbocycles. The number of nitrogens with one attached hydrogen (secondary N) is 1. The molecular formula is C17H21F2N3O. The first-order valence-electron chi connectivity index (χ1n) is 7.91. The van der Waals surface area contributed by atoms with E-state index >= 15 is 0 Å². The van der Waals surface area contributed by atoms with Gasteiger partial charge in [-0.25, -0.2) is 13.8 Å². The van der Waals surface area contributed by atoms with Crippen molar-refractivity contribution in [2.45, 2.75) is 52.5 Å². The molecule has 1 N–H and O–H groups in total. The molecule has 0 unspecified atom stereocenters. The quantitative estimate of drug-likeness (QED) is 0.910. The van der Waals surface area contributed by atoms with Crippen LogP contribution in [0.2, 0.25) is 0 Å².